The second kappa shape index (κ2) is 20.7. The number of rotatable bonds is 23. The fourth-order valence-electron chi connectivity index (χ4n) is 5.45. The minimum absolute atomic E-state index is 0.505. The monoisotopic (exact) mass is 482 g/mol. The fraction of sp³-hybridized carbons (Fsp3) is 0.758. The molecular formula is C33H58N2. The van der Waals surface area contributed by atoms with E-state index < -0.39 is 0 Å². The second-order valence-corrected chi connectivity index (χ2v) is 11.0. The maximum Gasteiger partial charge on any atom is 0.105 e. The highest BCUT2D eigenvalue weighted by molar-refractivity contribution is 5.17. The van der Waals surface area contributed by atoms with Crippen molar-refractivity contribution in [2.45, 2.75) is 148 Å². The van der Waals surface area contributed by atoms with E-state index in [0.29, 0.717) is 6.17 Å². The molecule has 35 heavy (non-hydrogen) atoms. The van der Waals surface area contributed by atoms with Gasteiger partial charge >= 0.3 is 0 Å². The van der Waals surface area contributed by atoms with Crippen molar-refractivity contribution in [3.8, 4) is 0 Å². The van der Waals surface area contributed by atoms with Gasteiger partial charge in [0.05, 0.1) is 0 Å². The Kier molecular flexibility index (Phi) is 17.6. The zero-order chi connectivity index (χ0) is 24.8. The van der Waals surface area contributed by atoms with Gasteiger partial charge in [0.2, 0.25) is 0 Å². The highest BCUT2D eigenvalue weighted by Gasteiger charge is 2.25. The van der Waals surface area contributed by atoms with Gasteiger partial charge in [-0.2, -0.15) is 0 Å². The van der Waals surface area contributed by atoms with E-state index in [9.17, 15) is 0 Å². The van der Waals surface area contributed by atoms with Crippen molar-refractivity contribution in [3.63, 3.8) is 0 Å². The normalized spacial score (nSPS) is 15.4. The summed E-state index contributed by atoms with van der Waals surface area (Å²) in [5.74, 6) is 0. The smallest absolute Gasteiger partial charge is 0.105 e. The van der Waals surface area contributed by atoms with Gasteiger partial charge in [-0.05, 0) is 18.4 Å². The molecule has 0 amide bonds. The van der Waals surface area contributed by atoms with E-state index in [-0.39, 0.29) is 0 Å². The lowest BCUT2D eigenvalue weighted by Crippen LogP contribution is -2.41. The van der Waals surface area contributed by atoms with Gasteiger partial charge in [-0.15, -0.1) is 0 Å². The molecule has 0 radical (unpaired) electrons. The molecule has 1 aliphatic heterocycles. The molecule has 1 aromatic carbocycles. The van der Waals surface area contributed by atoms with E-state index in [1.807, 2.05) is 0 Å². The van der Waals surface area contributed by atoms with Crippen LogP contribution in [0.15, 0.2) is 42.7 Å². The number of benzene rings is 1. The third kappa shape index (κ3) is 14.0. The van der Waals surface area contributed by atoms with Crippen LogP contribution in [0.1, 0.15) is 141 Å². The third-order valence-electron chi connectivity index (χ3n) is 7.77. The van der Waals surface area contributed by atoms with Crippen molar-refractivity contribution in [1.29, 1.82) is 0 Å². The van der Waals surface area contributed by atoms with Crippen molar-refractivity contribution in [1.82, 2.24) is 9.80 Å². The molecule has 1 aliphatic rings. The van der Waals surface area contributed by atoms with Crippen LogP contribution < -0.4 is 0 Å². The van der Waals surface area contributed by atoms with Crippen LogP contribution in [0.2, 0.25) is 0 Å². The molecule has 0 saturated carbocycles. The quantitative estimate of drug-likeness (QED) is 0.143. The molecule has 0 aromatic heterocycles. The lowest BCUT2D eigenvalue weighted by molar-refractivity contribution is 0.148. The Bertz CT molecular complexity index is 611. The molecule has 0 N–H and O–H groups in total. The summed E-state index contributed by atoms with van der Waals surface area (Å²) in [6.45, 7) is 7.02. The molecule has 0 spiro atoms. The van der Waals surface area contributed by atoms with Gasteiger partial charge in [0.1, 0.15) is 6.17 Å². The Hall–Kier alpha value is -1.44. The van der Waals surface area contributed by atoms with Crippen LogP contribution >= 0.6 is 0 Å². The van der Waals surface area contributed by atoms with Crippen molar-refractivity contribution in [3.05, 3.63) is 48.3 Å². The topological polar surface area (TPSA) is 6.48 Å². The molecule has 1 unspecified atom stereocenters. The summed E-state index contributed by atoms with van der Waals surface area (Å²) in [7, 11) is 0. The van der Waals surface area contributed by atoms with Gasteiger partial charge in [0, 0.05) is 31.9 Å². The van der Waals surface area contributed by atoms with E-state index in [4.69, 9.17) is 0 Å². The molecule has 0 saturated heterocycles. The molecule has 0 fully saturated rings. The summed E-state index contributed by atoms with van der Waals surface area (Å²) in [5, 5.41) is 0. The second-order valence-electron chi connectivity index (χ2n) is 11.0. The van der Waals surface area contributed by atoms with Crippen molar-refractivity contribution in [2.24, 2.45) is 0 Å². The largest absolute Gasteiger partial charge is 0.356 e. The minimum Gasteiger partial charge on any atom is -0.356 e. The highest BCUT2D eigenvalue weighted by Crippen LogP contribution is 2.22. The van der Waals surface area contributed by atoms with E-state index in [0.717, 1.165) is 6.42 Å². The van der Waals surface area contributed by atoms with E-state index >= 15 is 0 Å². The molecule has 0 aliphatic carbocycles. The first-order chi connectivity index (χ1) is 17.3. The lowest BCUT2D eigenvalue weighted by Gasteiger charge is -2.33. The zero-order valence-electron chi connectivity index (χ0n) is 23.6. The van der Waals surface area contributed by atoms with Crippen molar-refractivity contribution < 1.29 is 0 Å². The predicted molar refractivity (Wildman–Crippen MR) is 156 cm³/mol. The number of nitrogens with zero attached hydrogens (tertiary/aromatic N) is 2. The van der Waals surface area contributed by atoms with Gasteiger partial charge in [-0.25, -0.2) is 0 Å². The fourth-order valence-corrected chi connectivity index (χ4v) is 5.45. The maximum atomic E-state index is 2.63. The minimum atomic E-state index is 0.505. The summed E-state index contributed by atoms with van der Waals surface area (Å²) in [4.78, 5) is 5.26. The first-order valence-corrected chi connectivity index (χ1v) is 15.6. The first kappa shape index (κ1) is 29.8. The number of hydrogen-bond donors (Lipinski definition) is 0. The summed E-state index contributed by atoms with van der Waals surface area (Å²) < 4.78 is 0. The van der Waals surface area contributed by atoms with Crippen LogP contribution in [0, 0.1) is 0 Å². The third-order valence-corrected chi connectivity index (χ3v) is 7.77. The molecule has 2 rings (SSSR count). The van der Waals surface area contributed by atoms with E-state index in [2.05, 4.69) is 66.4 Å². The molecule has 200 valence electrons. The predicted octanol–water partition coefficient (Wildman–Crippen LogP) is 10.1. The summed E-state index contributed by atoms with van der Waals surface area (Å²) in [5.41, 5.74) is 1.46. The molecule has 1 aromatic rings. The SMILES string of the molecule is CCCCCCCCCCCCCN1C=CN(CCCCCCCCCC)C1Cc1ccccc1. The molecule has 2 heteroatoms. The van der Waals surface area contributed by atoms with Gasteiger partial charge in [0.15, 0.2) is 0 Å². The molecular weight excluding hydrogens is 424 g/mol. The molecule has 0 bridgehead atoms. The van der Waals surface area contributed by atoms with Crippen molar-refractivity contribution in [2.75, 3.05) is 13.1 Å². The number of hydrogen-bond acceptors (Lipinski definition) is 2. The summed E-state index contributed by atoms with van der Waals surface area (Å²) in [6.07, 6.45) is 33.1. The van der Waals surface area contributed by atoms with Crippen LogP contribution in [0.3, 0.4) is 0 Å². The Balaban J connectivity index is 1.63. The Morgan fingerprint density at radius 1 is 0.486 bits per heavy atom. The summed E-state index contributed by atoms with van der Waals surface area (Å²) >= 11 is 0. The van der Waals surface area contributed by atoms with Crippen LogP contribution in [0.25, 0.3) is 0 Å². The van der Waals surface area contributed by atoms with E-state index in [1.165, 1.54) is 141 Å². The van der Waals surface area contributed by atoms with Gasteiger partial charge < -0.3 is 9.80 Å². The van der Waals surface area contributed by atoms with Gasteiger partial charge in [0.25, 0.3) is 0 Å². The molecule has 1 heterocycles. The van der Waals surface area contributed by atoms with E-state index in [1.54, 1.807) is 0 Å². The van der Waals surface area contributed by atoms with Gasteiger partial charge in [-0.1, -0.05) is 153 Å². The van der Waals surface area contributed by atoms with Gasteiger partial charge in [-0.3, -0.25) is 0 Å². The average Bonchev–Trinajstić information content (AvgIpc) is 3.25. The zero-order valence-corrected chi connectivity index (χ0v) is 23.6. The summed E-state index contributed by atoms with van der Waals surface area (Å²) in [6, 6.07) is 11.1. The van der Waals surface area contributed by atoms with Crippen LogP contribution in [0.4, 0.5) is 0 Å². The Morgan fingerprint density at radius 3 is 1.26 bits per heavy atom. The maximum absolute atomic E-state index is 2.63. The number of unbranched alkanes of at least 4 members (excludes halogenated alkanes) is 17. The lowest BCUT2D eigenvalue weighted by atomic mass is 10.1. The highest BCUT2D eigenvalue weighted by atomic mass is 15.4. The van der Waals surface area contributed by atoms with Crippen LogP contribution in [-0.4, -0.2) is 29.1 Å². The standard InChI is InChI=1S/C33H58N2/c1-3-5-7-9-11-13-14-15-17-19-24-28-35-30-29-34(27-23-18-16-12-10-8-6-4-2)33(35)31-32-25-21-20-22-26-32/h20-22,25-26,29-30,33H,3-19,23-24,27-28,31H2,1-2H3. The Morgan fingerprint density at radius 2 is 0.857 bits per heavy atom. The molecule has 2 nitrogen and oxygen atoms in total. The van der Waals surface area contributed by atoms with Crippen molar-refractivity contribution >= 4 is 0 Å². The van der Waals surface area contributed by atoms with Crippen LogP contribution in [-0.2, 0) is 6.42 Å². The average molecular weight is 483 g/mol. The molecule has 1 atom stereocenters. The van der Waals surface area contributed by atoms with Crippen LogP contribution in [0.5, 0.6) is 0 Å². The first-order valence-electron chi connectivity index (χ1n) is 15.6. The Labute approximate surface area is 219 Å².